The fraction of sp³-hybridized carbons (Fsp3) is 0.667. The van der Waals surface area contributed by atoms with Crippen LogP contribution in [0.15, 0.2) is 0 Å². The molecule has 0 saturated carbocycles. The average Bonchev–Trinajstić information content (AvgIpc) is 2.30. The van der Waals surface area contributed by atoms with Crippen LogP contribution in [0.5, 0.6) is 0 Å². The summed E-state index contributed by atoms with van der Waals surface area (Å²) in [5.74, 6) is 0.833. The van der Waals surface area contributed by atoms with E-state index in [1.807, 2.05) is 6.92 Å². The Balaban J connectivity index is 2.97. The van der Waals surface area contributed by atoms with Crippen LogP contribution in [0.25, 0.3) is 0 Å². The lowest BCUT2D eigenvalue weighted by Crippen LogP contribution is -2.05. The average molecular weight is 224 g/mol. The summed E-state index contributed by atoms with van der Waals surface area (Å²) in [6.45, 7) is 1.92. The Labute approximate surface area is 81.2 Å². The third-order valence-electron chi connectivity index (χ3n) is 1.67. The highest BCUT2D eigenvalue weighted by Gasteiger charge is 2.14. The van der Waals surface area contributed by atoms with Crippen LogP contribution in [0, 0.1) is 0 Å². The lowest BCUT2D eigenvalue weighted by atomic mass is 10.4. The van der Waals surface area contributed by atoms with Crippen LogP contribution < -0.4 is 0 Å². The molecule has 1 heterocycles. The lowest BCUT2D eigenvalue weighted by molar-refractivity contribution is 0.605. The summed E-state index contributed by atoms with van der Waals surface area (Å²) >= 11 is 0. The normalized spacial score (nSPS) is 11.9. The second kappa shape index (κ2) is 3.63. The van der Waals surface area contributed by atoms with Gasteiger partial charge in [0.25, 0.3) is 0 Å². The summed E-state index contributed by atoms with van der Waals surface area (Å²) in [4.78, 5) is 0. The van der Waals surface area contributed by atoms with Crippen LogP contribution in [0.3, 0.4) is 0 Å². The molecule has 0 aromatic carbocycles. The molecular formula is C6H10ClN3O2S. The Morgan fingerprint density at radius 1 is 1.38 bits per heavy atom. The highest BCUT2D eigenvalue weighted by molar-refractivity contribution is 8.13. The zero-order valence-corrected chi connectivity index (χ0v) is 8.93. The van der Waals surface area contributed by atoms with Crippen molar-refractivity contribution in [1.82, 2.24) is 14.8 Å². The molecule has 0 fully saturated rings. The number of aromatic nitrogens is 3. The fourth-order valence-electron chi connectivity index (χ4n) is 0.986. The van der Waals surface area contributed by atoms with Crippen LogP contribution in [0.2, 0.25) is 0 Å². The molecule has 5 nitrogen and oxygen atoms in total. The number of halogens is 1. The van der Waals surface area contributed by atoms with Gasteiger partial charge in [0, 0.05) is 24.2 Å². The minimum atomic E-state index is -3.55. The van der Waals surface area contributed by atoms with Crippen molar-refractivity contribution in [3.63, 3.8) is 0 Å². The van der Waals surface area contributed by atoms with Crippen LogP contribution in [-0.2, 0) is 28.3 Å². The van der Waals surface area contributed by atoms with E-state index in [4.69, 9.17) is 10.7 Å². The van der Waals surface area contributed by atoms with Crippen molar-refractivity contribution < 1.29 is 8.42 Å². The van der Waals surface area contributed by atoms with E-state index in [1.54, 1.807) is 11.6 Å². The molecule has 1 rings (SSSR count). The van der Waals surface area contributed by atoms with E-state index in [-0.39, 0.29) is 5.75 Å². The summed E-state index contributed by atoms with van der Waals surface area (Å²) in [5.41, 5.74) is 0. The minimum Gasteiger partial charge on any atom is -0.317 e. The van der Waals surface area contributed by atoms with Gasteiger partial charge in [0.15, 0.2) is 0 Å². The van der Waals surface area contributed by atoms with E-state index in [1.165, 1.54) is 0 Å². The van der Waals surface area contributed by atoms with E-state index in [0.717, 1.165) is 5.82 Å². The topological polar surface area (TPSA) is 64.8 Å². The summed E-state index contributed by atoms with van der Waals surface area (Å²) in [6, 6.07) is 0. The first kappa shape index (κ1) is 10.5. The van der Waals surface area contributed by atoms with Gasteiger partial charge in [0.05, 0.1) is 0 Å². The van der Waals surface area contributed by atoms with Crippen LogP contribution in [0.1, 0.15) is 18.6 Å². The maximum Gasteiger partial charge on any atom is 0.239 e. The Kier molecular flexibility index (Phi) is 2.92. The molecule has 0 N–H and O–H groups in total. The quantitative estimate of drug-likeness (QED) is 0.698. The van der Waals surface area contributed by atoms with Crippen LogP contribution >= 0.6 is 10.7 Å². The van der Waals surface area contributed by atoms with E-state index in [9.17, 15) is 8.42 Å². The smallest absolute Gasteiger partial charge is 0.239 e. The molecule has 0 radical (unpaired) electrons. The molecule has 13 heavy (non-hydrogen) atoms. The van der Waals surface area contributed by atoms with Gasteiger partial charge in [-0.15, -0.1) is 10.2 Å². The third-order valence-corrected chi connectivity index (χ3v) is 2.60. The first-order chi connectivity index (χ1) is 5.94. The number of hydrogen-bond donors (Lipinski definition) is 0. The molecule has 1 aromatic rings. The SMILES string of the molecule is CCc1nnc(CS(=O)(=O)Cl)n1C. The van der Waals surface area contributed by atoms with E-state index in [0.29, 0.717) is 12.2 Å². The maximum absolute atomic E-state index is 10.7. The van der Waals surface area contributed by atoms with Crippen molar-refractivity contribution in [1.29, 1.82) is 0 Å². The molecule has 0 spiro atoms. The second-order valence-corrected chi connectivity index (χ2v) is 5.41. The number of rotatable bonds is 3. The Hall–Kier alpha value is -0.620. The third kappa shape index (κ3) is 2.67. The minimum absolute atomic E-state index is 0.280. The fourth-order valence-corrected chi connectivity index (χ4v) is 1.84. The summed E-state index contributed by atoms with van der Waals surface area (Å²) < 4.78 is 23.1. The molecule has 7 heteroatoms. The van der Waals surface area contributed by atoms with Crippen LogP contribution in [0.4, 0.5) is 0 Å². The molecule has 0 aliphatic carbocycles. The zero-order valence-electron chi connectivity index (χ0n) is 7.36. The maximum atomic E-state index is 10.7. The molecule has 0 saturated heterocycles. The predicted molar refractivity (Wildman–Crippen MR) is 48.9 cm³/mol. The van der Waals surface area contributed by atoms with Crippen molar-refractivity contribution in [2.45, 2.75) is 19.1 Å². The van der Waals surface area contributed by atoms with Crippen molar-refractivity contribution in [3.05, 3.63) is 11.6 Å². The van der Waals surface area contributed by atoms with Crippen molar-refractivity contribution in [2.24, 2.45) is 7.05 Å². The van der Waals surface area contributed by atoms with E-state index in [2.05, 4.69) is 10.2 Å². The van der Waals surface area contributed by atoms with Crippen molar-refractivity contribution in [3.8, 4) is 0 Å². The van der Waals surface area contributed by atoms with Gasteiger partial charge in [-0.1, -0.05) is 6.92 Å². The molecular weight excluding hydrogens is 214 g/mol. The Morgan fingerprint density at radius 2 is 1.92 bits per heavy atom. The highest BCUT2D eigenvalue weighted by atomic mass is 35.7. The molecule has 0 aliphatic rings. The largest absolute Gasteiger partial charge is 0.317 e. The summed E-state index contributed by atoms with van der Waals surface area (Å²) in [5, 5.41) is 7.53. The predicted octanol–water partition coefficient (Wildman–Crippen LogP) is 0.446. The number of hydrogen-bond acceptors (Lipinski definition) is 4. The van der Waals surface area contributed by atoms with Crippen molar-refractivity contribution in [2.75, 3.05) is 0 Å². The van der Waals surface area contributed by atoms with Gasteiger partial charge in [0.1, 0.15) is 17.4 Å². The monoisotopic (exact) mass is 223 g/mol. The molecule has 0 bridgehead atoms. The van der Waals surface area contributed by atoms with Gasteiger partial charge in [-0.05, 0) is 0 Å². The first-order valence-electron chi connectivity index (χ1n) is 3.73. The molecule has 0 atom stereocenters. The zero-order chi connectivity index (χ0) is 10.1. The van der Waals surface area contributed by atoms with E-state index >= 15 is 0 Å². The van der Waals surface area contributed by atoms with Gasteiger partial charge >= 0.3 is 0 Å². The van der Waals surface area contributed by atoms with Gasteiger partial charge in [-0.25, -0.2) is 8.42 Å². The van der Waals surface area contributed by atoms with Gasteiger partial charge in [-0.2, -0.15) is 0 Å². The van der Waals surface area contributed by atoms with Crippen LogP contribution in [-0.4, -0.2) is 23.2 Å². The molecule has 0 aliphatic heterocycles. The summed E-state index contributed by atoms with van der Waals surface area (Å²) in [6.07, 6.45) is 0.714. The Morgan fingerprint density at radius 3 is 2.31 bits per heavy atom. The lowest BCUT2D eigenvalue weighted by Gasteiger charge is -1.99. The van der Waals surface area contributed by atoms with Crippen molar-refractivity contribution >= 4 is 19.7 Å². The Bertz CT molecular complexity index is 398. The molecule has 74 valence electrons. The molecule has 0 amide bonds. The van der Waals surface area contributed by atoms with Gasteiger partial charge in [-0.3, -0.25) is 0 Å². The number of nitrogens with zero attached hydrogens (tertiary/aromatic N) is 3. The standard InChI is InChI=1S/C6H10ClN3O2S/c1-3-5-8-9-6(10(5)2)4-13(7,11)12/h3-4H2,1-2H3. The highest BCUT2D eigenvalue weighted by Crippen LogP contribution is 2.08. The first-order valence-corrected chi connectivity index (χ1v) is 6.21. The van der Waals surface area contributed by atoms with Gasteiger partial charge < -0.3 is 4.57 Å². The van der Waals surface area contributed by atoms with E-state index < -0.39 is 9.05 Å². The number of aryl methyl sites for hydroxylation is 1. The molecule has 1 aromatic heterocycles. The molecule has 0 unspecified atom stereocenters. The summed E-state index contributed by atoms with van der Waals surface area (Å²) in [7, 11) is 3.26. The second-order valence-electron chi connectivity index (χ2n) is 2.63. The van der Waals surface area contributed by atoms with Gasteiger partial charge in [0.2, 0.25) is 9.05 Å².